The zero-order chi connectivity index (χ0) is 22.1. The van der Waals surface area contributed by atoms with Gasteiger partial charge in [-0.3, -0.25) is 0 Å². The molecule has 0 aromatic heterocycles. The number of esters is 2. The molecule has 1 aromatic rings. The summed E-state index contributed by atoms with van der Waals surface area (Å²) >= 11 is 0. The zero-order valence-corrected chi connectivity index (χ0v) is 17.4. The number of benzene rings is 1. The second-order valence-corrected chi connectivity index (χ2v) is 6.26. The Morgan fingerprint density at radius 2 is 1.73 bits per heavy atom. The first-order chi connectivity index (χ1) is 14.4. The van der Waals surface area contributed by atoms with Crippen LogP contribution in [0.4, 0.5) is 4.79 Å². The van der Waals surface area contributed by atoms with Crippen LogP contribution >= 0.6 is 0 Å². The standard InChI is InChI=1S/C21H26N2O7/c1-5-16-19(20(25)29-6-2)17(23-21(26)22-16)12-30-18(24)8-7-13-9-14(27-3)11-15(10-13)28-4/h7-11,16H,5-6,12H2,1-4H3,(H2,22,23,26)/b8-7+/t16-/m0/s1. The molecule has 2 N–H and O–H groups in total. The summed E-state index contributed by atoms with van der Waals surface area (Å²) in [5, 5.41) is 5.18. The van der Waals surface area contributed by atoms with E-state index in [2.05, 4.69) is 10.6 Å². The van der Waals surface area contributed by atoms with Gasteiger partial charge in [0.05, 0.1) is 38.1 Å². The first kappa shape index (κ1) is 22.8. The molecule has 1 aliphatic heterocycles. The average molecular weight is 418 g/mol. The molecule has 0 spiro atoms. The molecule has 30 heavy (non-hydrogen) atoms. The molecule has 9 heteroatoms. The summed E-state index contributed by atoms with van der Waals surface area (Å²) in [6, 6.07) is 4.17. The van der Waals surface area contributed by atoms with Crippen LogP contribution in [0, 0.1) is 0 Å². The molecule has 1 aliphatic rings. The van der Waals surface area contributed by atoms with Crippen LogP contribution in [-0.2, 0) is 19.1 Å². The lowest BCUT2D eigenvalue weighted by molar-refractivity contribution is -0.140. The van der Waals surface area contributed by atoms with Gasteiger partial charge in [-0.2, -0.15) is 0 Å². The molecule has 2 amide bonds. The van der Waals surface area contributed by atoms with Gasteiger partial charge in [0.1, 0.15) is 18.1 Å². The Labute approximate surface area is 175 Å². The lowest BCUT2D eigenvalue weighted by atomic mass is 10.0. The van der Waals surface area contributed by atoms with Gasteiger partial charge in [0.15, 0.2) is 0 Å². The fraction of sp³-hybridized carbons (Fsp3) is 0.381. The van der Waals surface area contributed by atoms with Gasteiger partial charge in [-0.25, -0.2) is 14.4 Å². The number of methoxy groups -OCH3 is 2. The molecule has 0 fully saturated rings. The van der Waals surface area contributed by atoms with Gasteiger partial charge in [0, 0.05) is 12.1 Å². The van der Waals surface area contributed by atoms with Crippen molar-refractivity contribution in [1.82, 2.24) is 10.6 Å². The monoisotopic (exact) mass is 418 g/mol. The predicted octanol–water partition coefficient (Wildman–Crippen LogP) is 2.17. The minimum atomic E-state index is -0.645. The quantitative estimate of drug-likeness (QED) is 0.467. The summed E-state index contributed by atoms with van der Waals surface area (Å²) in [4.78, 5) is 36.3. The topological polar surface area (TPSA) is 112 Å². The Kier molecular flexibility index (Phi) is 8.28. The van der Waals surface area contributed by atoms with Crippen molar-refractivity contribution in [3.8, 4) is 11.5 Å². The summed E-state index contributed by atoms with van der Waals surface area (Å²) in [5.41, 5.74) is 1.12. The first-order valence-electron chi connectivity index (χ1n) is 9.47. The van der Waals surface area contributed by atoms with Gasteiger partial charge in [0.2, 0.25) is 0 Å². The van der Waals surface area contributed by atoms with Crippen LogP contribution in [0.1, 0.15) is 25.8 Å². The van der Waals surface area contributed by atoms with Crippen molar-refractivity contribution in [2.45, 2.75) is 26.3 Å². The Balaban J connectivity index is 2.13. The molecular formula is C21H26N2O7. The number of hydrogen-bond donors (Lipinski definition) is 2. The second-order valence-electron chi connectivity index (χ2n) is 6.26. The molecule has 0 bridgehead atoms. The van der Waals surface area contributed by atoms with Crippen LogP contribution in [0.2, 0.25) is 0 Å². The molecule has 0 saturated carbocycles. The van der Waals surface area contributed by atoms with Crippen molar-refractivity contribution in [3.05, 3.63) is 41.1 Å². The highest BCUT2D eigenvalue weighted by Crippen LogP contribution is 2.23. The summed E-state index contributed by atoms with van der Waals surface area (Å²) < 4.78 is 20.7. The highest BCUT2D eigenvalue weighted by Gasteiger charge is 2.31. The Hall–Kier alpha value is -3.49. The number of nitrogens with one attached hydrogen (secondary N) is 2. The number of ether oxygens (including phenoxy) is 4. The van der Waals surface area contributed by atoms with Crippen LogP contribution in [0.25, 0.3) is 6.08 Å². The van der Waals surface area contributed by atoms with Gasteiger partial charge in [0.25, 0.3) is 0 Å². The van der Waals surface area contributed by atoms with Crippen molar-refractivity contribution in [1.29, 1.82) is 0 Å². The summed E-state index contributed by atoms with van der Waals surface area (Å²) in [5.74, 6) is -0.0560. The van der Waals surface area contributed by atoms with Crippen LogP contribution in [-0.4, -0.2) is 51.4 Å². The number of rotatable bonds is 9. The Bertz CT molecular complexity index is 839. The molecule has 1 atom stereocenters. The number of amides is 2. The van der Waals surface area contributed by atoms with Crippen LogP contribution in [0.3, 0.4) is 0 Å². The van der Waals surface area contributed by atoms with Gasteiger partial charge in [-0.1, -0.05) is 6.92 Å². The van der Waals surface area contributed by atoms with E-state index in [0.717, 1.165) is 0 Å². The number of carbonyl (C=O) groups excluding carboxylic acids is 3. The molecular weight excluding hydrogens is 392 g/mol. The SMILES string of the molecule is CCOC(=O)C1=C(COC(=O)/C=C/c2cc(OC)cc(OC)c2)NC(=O)N[C@H]1CC. The Morgan fingerprint density at radius 1 is 1.07 bits per heavy atom. The van der Waals surface area contributed by atoms with Crippen molar-refractivity contribution >= 4 is 24.0 Å². The van der Waals surface area contributed by atoms with Crippen molar-refractivity contribution in [3.63, 3.8) is 0 Å². The predicted molar refractivity (Wildman–Crippen MR) is 109 cm³/mol. The molecule has 0 radical (unpaired) electrons. The maximum absolute atomic E-state index is 12.3. The van der Waals surface area contributed by atoms with E-state index < -0.39 is 24.0 Å². The average Bonchev–Trinajstić information content (AvgIpc) is 2.75. The summed E-state index contributed by atoms with van der Waals surface area (Å²) in [6.07, 6.45) is 3.26. The number of carbonyl (C=O) groups is 3. The van der Waals surface area contributed by atoms with E-state index in [1.807, 2.05) is 6.92 Å². The van der Waals surface area contributed by atoms with Crippen LogP contribution < -0.4 is 20.1 Å². The zero-order valence-electron chi connectivity index (χ0n) is 17.4. The van der Waals surface area contributed by atoms with Crippen LogP contribution in [0.15, 0.2) is 35.5 Å². The minimum Gasteiger partial charge on any atom is -0.497 e. The lowest BCUT2D eigenvalue weighted by Gasteiger charge is -2.28. The van der Waals surface area contributed by atoms with Gasteiger partial charge in [-0.15, -0.1) is 0 Å². The highest BCUT2D eigenvalue weighted by molar-refractivity contribution is 5.95. The molecule has 1 aromatic carbocycles. The largest absolute Gasteiger partial charge is 0.497 e. The van der Waals surface area contributed by atoms with Crippen LogP contribution in [0.5, 0.6) is 11.5 Å². The van der Waals surface area contributed by atoms with Gasteiger partial charge < -0.3 is 29.6 Å². The molecule has 2 rings (SSSR count). The van der Waals surface area contributed by atoms with Crippen molar-refractivity contribution < 1.29 is 33.3 Å². The number of hydrogen-bond acceptors (Lipinski definition) is 7. The van der Waals surface area contributed by atoms with E-state index >= 15 is 0 Å². The van der Waals surface area contributed by atoms with Crippen molar-refractivity contribution in [2.75, 3.05) is 27.4 Å². The molecule has 162 valence electrons. The third kappa shape index (κ3) is 6.00. The molecule has 0 saturated heterocycles. The van der Waals surface area contributed by atoms with E-state index in [9.17, 15) is 14.4 Å². The molecule has 0 unspecified atom stereocenters. The first-order valence-corrected chi connectivity index (χ1v) is 9.47. The summed E-state index contributed by atoms with van der Waals surface area (Å²) in [7, 11) is 3.06. The summed E-state index contributed by atoms with van der Waals surface area (Å²) in [6.45, 7) is 3.42. The minimum absolute atomic E-state index is 0.187. The van der Waals surface area contributed by atoms with E-state index in [1.165, 1.54) is 20.3 Å². The second kappa shape index (κ2) is 10.9. The highest BCUT2D eigenvalue weighted by atomic mass is 16.5. The maximum atomic E-state index is 12.3. The smallest absolute Gasteiger partial charge is 0.338 e. The fourth-order valence-corrected chi connectivity index (χ4v) is 2.86. The van der Waals surface area contributed by atoms with Gasteiger partial charge >= 0.3 is 18.0 Å². The van der Waals surface area contributed by atoms with E-state index in [1.54, 1.807) is 31.2 Å². The normalized spacial score (nSPS) is 16.0. The fourth-order valence-electron chi connectivity index (χ4n) is 2.86. The Morgan fingerprint density at radius 3 is 2.30 bits per heavy atom. The molecule has 0 aliphatic carbocycles. The number of urea groups is 1. The third-order valence-corrected chi connectivity index (χ3v) is 4.29. The lowest BCUT2D eigenvalue weighted by Crippen LogP contribution is -2.51. The third-order valence-electron chi connectivity index (χ3n) is 4.29. The maximum Gasteiger partial charge on any atom is 0.338 e. The van der Waals surface area contributed by atoms with E-state index in [0.29, 0.717) is 23.5 Å². The van der Waals surface area contributed by atoms with Crippen molar-refractivity contribution in [2.24, 2.45) is 0 Å². The van der Waals surface area contributed by atoms with E-state index in [-0.39, 0.29) is 24.5 Å². The van der Waals surface area contributed by atoms with E-state index in [4.69, 9.17) is 18.9 Å². The molecule has 9 nitrogen and oxygen atoms in total. The van der Waals surface area contributed by atoms with Gasteiger partial charge in [-0.05, 0) is 37.1 Å². The molecule has 1 heterocycles.